The smallest absolute Gasteiger partial charge is 0.239 e. The highest BCUT2D eigenvalue weighted by Gasteiger charge is 2.25. The van der Waals surface area contributed by atoms with E-state index in [0.29, 0.717) is 32.0 Å². The molecular weight excluding hydrogens is 360 g/mol. The molecule has 8 heteroatoms. The zero-order valence-electron chi connectivity index (χ0n) is 11.8. The third kappa shape index (κ3) is 4.95. The number of carbonyl (C=O) groups is 1. The highest BCUT2D eigenvalue weighted by Crippen LogP contribution is 2.17. The van der Waals surface area contributed by atoms with Crippen molar-refractivity contribution in [3.63, 3.8) is 0 Å². The SMILES string of the molecule is Cl.NC(CCn1nccc1Br)C(=O)N1CCC(CO)CC1. The van der Waals surface area contributed by atoms with Crippen molar-refractivity contribution in [3.8, 4) is 0 Å². The Kier molecular flexibility index (Phi) is 7.65. The number of nitrogens with zero attached hydrogens (tertiary/aromatic N) is 3. The minimum Gasteiger partial charge on any atom is -0.396 e. The summed E-state index contributed by atoms with van der Waals surface area (Å²) in [5.41, 5.74) is 5.98. The molecule has 1 amide bonds. The molecule has 1 aromatic rings. The van der Waals surface area contributed by atoms with Gasteiger partial charge in [-0.3, -0.25) is 9.48 Å². The summed E-state index contributed by atoms with van der Waals surface area (Å²) in [4.78, 5) is 14.0. The zero-order chi connectivity index (χ0) is 14.5. The molecule has 2 heterocycles. The Bertz CT molecular complexity index is 449. The average Bonchev–Trinajstić information content (AvgIpc) is 2.89. The van der Waals surface area contributed by atoms with Crippen LogP contribution >= 0.6 is 28.3 Å². The molecule has 1 fully saturated rings. The highest BCUT2D eigenvalue weighted by molar-refractivity contribution is 9.10. The van der Waals surface area contributed by atoms with Gasteiger partial charge in [0.15, 0.2) is 0 Å². The lowest BCUT2D eigenvalue weighted by molar-refractivity contribution is -0.134. The fraction of sp³-hybridized carbons (Fsp3) is 0.692. The van der Waals surface area contributed by atoms with Gasteiger partial charge in [-0.1, -0.05) is 0 Å². The van der Waals surface area contributed by atoms with Crippen LogP contribution in [0.5, 0.6) is 0 Å². The van der Waals surface area contributed by atoms with E-state index >= 15 is 0 Å². The molecule has 1 aliphatic rings. The molecule has 2 rings (SSSR count). The van der Waals surface area contributed by atoms with Gasteiger partial charge >= 0.3 is 0 Å². The van der Waals surface area contributed by atoms with Gasteiger partial charge in [-0.05, 0) is 47.2 Å². The molecule has 3 N–H and O–H groups in total. The number of halogens is 2. The van der Waals surface area contributed by atoms with Gasteiger partial charge in [-0.25, -0.2) is 0 Å². The van der Waals surface area contributed by atoms with Crippen molar-refractivity contribution in [2.75, 3.05) is 19.7 Å². The van der Waals surface area contributed by atoms with Crippen LogP contribution < -0.4 is 5.73 Å². The van der Waals surface area contributed by atoms with Crippen LogP contribution in [0, 0.1) is 5.92 Å². The summed E-state index contributed by atoms with van der Waals surface area (Å²) in [6, 6.07) is 1.37. The minimum atomic E-state index is -0.489. The third-order valence-electron chi connectivity index (χ3n) is 3.82. The van der Waals surface area contributed by atoms with E-state index in [1.807, 2.05) is 11.0 Å². The number of aryl methyl sites for hydroxylation is 1. The van der Waals surface area contributed by atoms with Gasteiger partial charge in [0.1, 0.15) is 4.60 Å². The number of aliphatic hydroxyl groups is 1. The number of amides is 1. The molecule has 0 aromatic carbocycles. The lowest BCUT2D eigenvalue weighted by atomic mass is 9.97. The van der Waals surface area contributed by atoms with Crippen LogP contribution in [0.2, 0.25) is 0 Å². The molecule has 120 valence electrons. The molecule has 0 spiro atoms. The maximum atomic E-state index is 12.2. The van der Waals surface area contributed by atoms with Gasteiger partial charge in [0.05, 0.1) is 12.2 Å². The minimum absolute atomic E-state index is 0. The molecule has 6 nitrogen and oxygen atoms in total. The predicted molar refractivity (Wildman–Crippen MR) is 86.2 cm³/mol. The molecule has 0 radical (unpaired) electrons. The topological polar surface area (TPSA) is 84.4 Å². The predicted octanol–water partition coefficient (Wildman–Crippen LogP) is 1.02. The quantitative estimate of drug-likeness (QED) is 0.797. The van der Waals surface area contributed by atoms with Crippen molar-refractivity contribution in [3.05, 3.63) is 16.9 Å². The molecule has 1 aliphatic heterocycles. The Hall–Kier alpha value is -0.630. The molecule has 1 unspecified atom stereocenters. The van der Waals surface area contributed by atoms with Crippen LogP contribution in [0.4, 0.5) is 0 Å². The Morgan fingerprint density at radius 3 is 2.71 bits per heavy atom. The summed E-state index contributed by atoms with van der Waals surface area (Å²) < 4.78 is 2.67. The zero-order valence-corrected chi connectivity index (χ0v) is 14.2. The molecule has 1 aromatic heterocycles. The van der Waals surface area contributed by atoms with Gasteiger partial charge in [0.25, 0.3) is 0 Å². The van der Waals surface area contributed by atoms with Crippen LogP contribution in [0.3, 0.4) is 0 Å². The summed E-state index contributed by atoms with van der Waals surface area (Å²) >= 11 is 3.39. The molecule has 0 saturated carbocycles. The largest absolute Gasteiger partial charge is 0.396 e. The number of aliphatic hydroxyl groups excluding tert-OH is 1. The van der Waals surface area contributed by atoms with Crippen molar-refractivity contribution in [1.29, 1.82) is 0 Å². The second-order valence-corrected chi connectivity index (χ2v) is 6.04. The Morgan fingerprint density at radius 2 is 2.19 bits per heavy atom. The average molecular weight is 382 g/mol. The number of piperidine rings is 1. The van der Waals surface area contributed by atoms with Gasteiger partial charge in [0.2, 0.25) is 5.91 Å². The number of carbonyl (C=O) groups excluding carboxylic acids is 1. The van der Waals surface area contributed by atoms with Crippen LogP contribution in [-0.2, 0) is 11.3 Å². The summed E-state index contributed by atoms with van der Waals surface area (Å²) in [6.45, 7) is 2.22. The standard InChI is InChI=1S/C13H21BrN4O2.ClH/c14-12-1-5-16-18(12)8-4-11(15)13(20)17-6-2-10(9-19)3-7-17;/h1,5,10-11,19H,2-4,6-9,15H2;1H. The monoisotopic (exact) mass is 380 g/mol. The first kappa shape index (κ1) is 18.4. The highest BCUT2D eigenvalue weighted by atomic mass is 79.9. The summed E-state index contributed by atoms with van der Waals surface area (Å²) in [7, 11) is 0. The summed E-state index contributed by atoms with van der Waals surface area (Å²) in [5.74, 6) is 0.333. The van der Waals surface area contributed by atoms with E-state index in [0.717, 1.165) is 17.4 Å². The number of nitrogens with two attached hydrogens (primary N) is 1. The normalized spacial score (nSPS) is 17.4. The number of likely N-dealkylation sites (tertiary alicyclic amines) is 1. The maximum Gasteiger partial charge on any atom is 0.239 e. The van der Waals surface area contributed by atoms with Gasteiger partial charge in [-0.15, -0.1) is 12.4 Å². The van der Waals surface area contributed by atoms with E-state index in [4.69, 9.17) is 10.8 Å². The van der Waals surface area contributed by atoms with E-state index in [9.17, 15) is 4.79 Å². The third-order valence-corrected chi connectivity index (χ3v) is 4.49. The lowest BCUT2D eigenvalue weighted by Crippen LogP contribution is -2.47. The van der Waals surface area contributed by atoms with E-state index in [1.165, 1.54) is 0 Å². The Morgan fingerprint density at radius 1 is 1.52 bits per heavy atom. The maximum absolute atomic E-state index is 12.2. The molecule has 21 heavy (non-hydrogen) atoms. The molecule has 1 saturated heterocycles. The number of rotatable bonds is 5. The molecular formula is C13H22BrClN4O2. The van der Waals surface area contributed by atoms with Gasteiger partial charge in [-0.2, -0.15) is 5.10 Å². The first-order valence-corrected chi connectivity index (χ1v) is 7.73. The van der Waals surface area contributed by atoms with E-state index in [1.54, 1.807) is 10.9 Å². The first-order chi connectivity index (χ1) is 9.61. The first-order valence-electron chi connectivity index (χ1n) is 6.94. The van der Waals surface area contributed by atoms with E-state index in [-0.39, 0.29) is 24.9 Å². The molecule has 1 atom stereocenters. The fourth-order valence-corrected chi connectivity index (χ4v) is 2.82. The summed E-state index contributed by atoms with van der Waals surface area (Å²) in [6.07, 6.45) is 4.00. The molecule has 0 aliphatic carbocycles. The number of aromatic nitrogens is 2. The lowest BCUT2D eigenvalue weighted by Gasteiger charge is -2.32. The number of hydrogen-bond donors (Lipinski definition) is 2. The molecule has 0 bridgehead atoms. The Labute approximate surface area is 139 Å². The van der Waals surface area contributed by atoms with E-state index < -0.39 is 6.04 Å². The van der Waals surface area contributed by atoms with Gasteiger partial charge < -0.3 is 15.7 Å². The fourth-order valence-electron chi connectivity index (χ4n) is 2.44. The van der Waals surface area contributed by atoms with Crippen molar-refractivity contribution in [2.24, 2.45) is 11.7 Å². The van der Waals surface area contributed by atoms with Crippen molar-refractivity contribution >= 4 is 34.2 Å². The number of hydrogen-bond acceptors (Lipinski definition) is 4. The second-order valence-electron chi connectivity index (χ2n) is 5.22. The van der Waals surface area contributed by atoms with Crippen LogP contribution in [-0.4, -0.2) is 51.4 Å². The van der Waals surface area contributed by atoms with Crippen LogP contribution in [0.15, 0.2) is 16.9 Å². The van der Waals surface area contributed by atoms with E-state index in [2.05, 4.69) is 21.0 Å². The van der Waals surface area contributed by atoms with Crippen LogP contribution in [0.1, 0.15) is 19.3 Å². The van der Waals surface area contributed by atoms with Crippen molar-refractivity contribution in [2.45, 2.75) is 31.8 Å². The second kappa shape index (κ2) is 8.73. The van der Waals surface area contributed by atoms with Crippen LogP contribution in [0.25, 0.3) is 0 Å². The van der Waals surface area contributed by atoms with Crippen molar-refractivity contribution in [1.82, 2.24) is 14.7 Å². The van der Waals surface area contributed by atoms with Crippen molar-refractivity contribution < 1.29 is 9.90 Å². The summed E-state index contributed by atoms with van der Waals surface area (Å²) in [5, 5.41) is 13.2. The van der Waals surface area contributed by atoms with Gasteiger partial charge in [0, 0.05) is 26.2 Å². The Balaban J connectivity index is 0.00000220.